The number of imide groups is 1. The van der Waals surface area contributed by atoms with E-state index < -0.39 is 28.9 Å². The molecule has 9 heteroatoms. The molecule has 4 amide bonds. The molecule has 0 spiro atoms. The number of pyridine rings is 1. The van der Waals surface area contributed by atoms with E-state index in [0.717, 1.165) is 12.1 Å². The van der Waals surface area contributed by atoms with E-state index in [0.29, 0.717) is 16.2 Å². The van der Waals surface area contributed by atoms with E-state index >= 15 is 8.78 Å². The van der Waals surface area contributed by atoms with Crippen molar-refractivity contribution in [1.29, 1.82) is 0 Å². The molecule has 1 atom stereocenters. The minimum Gasteiger partial charge on any atom is -0.309 e. The zero-order valence-corrected chi connectivity index (χ0v) is 20.3. The Kier molecular flexibility index (Phi) is 7.30. The highest BCUT2D eigenvalue weighted by atomic mass is 19.1. The molecule has 7 nitrogen and oxygen atoms in total. The lowest BCUT2D eigenvalue weighted by molar-refractivity contribution is -0.130. The van der Waals surface area contributed by atoms with Crippen LogP contribution in [0.15, 0.2) is 67.0 Å². The molecule has 0 bridgehead atoms. The van der Waals surface area contributed by atoms with Gasteiger partial charge < -0.3 is 9.80 Å². The summed E-state index contributed by atoms with van der Waals surface area (Å²) in [6.45, 7) is 3.47. The number of hydrogen-bond acceptors (Lipinski definition) is 4. The molecule has 2 aromatic carbocycles. The summed E-state index contributed by atoms with van der Waals surface area (Å²) in [4.78, 5) is 45.9. The maximum Gasteiger partial charge on any atom is 0.332 e. The van der Waals surface area contributed by atoms with Gasteiger partial charge in [0.05, 0.1) is 0 Å². The molecule has 37 heavy (non-hydrogen) atoms. The number of halogens is 2. The van der Waals surface area contributed by atoms with E-state index in [1.165, 1.54) is 9.80 Å². The van der Waals surface area contributed by atoms with Crippen molar-refractivity contribution in [1.82, 2.24) is 9.88 Å². The summed E-state index contributed by atoms with van der Waals surface area (Å²) in [6, 6.07) is 13.2. The first kappa shape index (κ1) is 25.5. The number of rotatable bonds is 4. The van der Waals surface area contributed by atoms with Gasteiger partial charge in [-0.05, 0) is 49.7 Å². The number of nitrogens with zero attached hydrogens (tertiary/aromatic N) is 4. The summed E-state index contributed by atoms with van der Waals surface area (Å²) in [6.07, 6.45) is 3.37. The molecule has 1 aromatic heterocycles. The second kappa shape index (κ2) is 10.6. The molecule has 4 rings (SSSR count). The highest BCUT2D eigenvalue weighted by molar-refractivity contribution is 6.10. The van der Waals surface area contributed by atoms with Crippen LogP contribution >= 0.6 is 0 Å². The second-order valence-electron chi connectivity index (χ2n) is 8.60. The minimum absolute atomic E-state index is 0.0421. The van der Waals surface area contributed by atoms with Gasteiger partial charge in [0.25, 0.3) is 5.91 Å². The molecule has 188 valence electrons. The van der Waals surface area contributed by atoms with Crippen LogP contribution in [0.3, 0.4) is 0 Å². The van der Waals surface area contributed by atoms with Gasteiger partial charge in [0.1, 0.15) is 11.2 Å². The standard InChI is InChI=1S/C28H24F2N4O3/c1-3-28(2)26(36)32(22-11-13-31-14-12-22)15-16-34(28)27(37)33(19-35)25-23(29)17-21(18-24(25)30)10-9-20-7-5-4-6-8-20/h4-8,11-14,17-19H,3,15-16H2,1-2H3. The molecule has 0 saturated carbocycles. The van der Waals surface area contributed by atoms with E-state index in [4.69, 9.17) is 0 Å². The van der Waals surface area contributed by atoms with Gasteiger partial charge in [-0.3, -0.25) is 14.6 Å². The Hall–Kier alpha value is -4.58. The van der Waals surface area contributed by atoms with Gasteiger partial charge >= 0.3 is 6.03 Å². The number of carbonyl (C=O) groups excluding carboxylic acids is 3. The third-order valence-corrected chi connectivity index (χ3v) is 6.44. The summed E-state index contributed by atoms with van der Waals surface area (Å²) in [5, 5.41) is 0. The van der Waals surface area contributed by atoms with Crippen LogP contribution in [0.1, 0.15) is 31.4 Å². The third kappa shape index (κ3) is 4.91. The van der Waals surface area contributed by atoms with Gasteiger partial charge in [-0.25, -0.2) is 18.5 Å². The van der Waals surface area contributed by atoms with Crippen molar-refractivity contribution in [3.8, 4) is 11.8 Å². The largest absolute Gasteiger partial charge is 0.332 e. The SMILES string of the molecule is CCC1(C)C(=O)N(c2ccncc2)CCN1C(=O)N(C=O)c1c(F)cc(C#Cc2ccccc2)cc1F. The molecule has 1 saturated heterocycles. The molecule has 1 aliphatic heterocycles. The number of benzene rings is 2. The quantitative estimate of drug-likeness (QED) is 0.393. The lowest BCUT2D eigenvalue weighted by Crippen LogP contribution is -2.67. The Labute approximate surface area is 213 Å². The maximum absolute atomic E-state index is 15.1. The normalized spacial score (nSPS) is 17.1. The van der Waals surface area contributed by atoms with Crippen molar-refractivity contribution in [3.05, 3.63) is 89.8 Å². The Morgan fingerprint density at radius 1 is 1.05 bits per heavy atom. The van der Waals surface area contributed by atoms with Gasteiger partial charge in [-0.15, -0.1) is 0 Å². The van der Waals surface area contributed by atoms with Crippen LogP contribution in [0.2, 0.25) is 0 Å². The first-order valence-corrected chi connectivity index (χ1v) is 11.6. The van der Waals surface area contributed by atoms with E-state index in [9.17, 15) is 14.4 Å². The molecule has 1 unspecified atom stereocenters. The molecule has 2 heterocycles. The van der Waals surface area contributed by atoms with Crippen LogP contribution in [0.25, 0.3) is 0 Å². The molecule has 1 aliphatic rings. The summed E-state index contributed by atoms with van der Waals surface area (Å²) < 4.78 is 30.2. The smallest absolute Gasteiger partial charge is 0.309 e. The van der Waals surface area contributed by atoms with E-state index in [1.807, 2.05) is 6.07 Å². The second-order valence-corrected chi connectivity index (χ2v) is 8.60. The number of hydrogen-bond donors (Lipinski definition) is 0. The van der Waals surface area contributed by atoms with Crippen LogP contribution in [0.5, 0.6) is 0 Å². The highest BCUT2D eigenvalue weighted by Gasteiger charge is 2.48. The fraction of sp³-hybridized carbons (Fsp3) is 0.214. The molecule has 0 radical (unpaired) electrons. The summed E-state index contributed by atoms with van der Waals surface area (Å²) in [7, 11) is 0. The Balaban J connectivity index is 1.63. The Morgan fingerprint density at radius 3 is 2.27 bits per heavy atom. The fourth-order valence-electron chi connectivity index (χ4n) is 4.23. The van der Waals surface area contributed by atoms with Crippen LogP contribution in [0.4, 0.5) is 25.0 Å². The zero-order valence-electron chi connectivity index (χ0n) is 20.3. The maximum atomic E-state index is 15.1. The number of aromatic nitrogens is 1. The Bertz CT molecular complexity index is 1370. The van der Waals surface area contributed by atoms with Gasteiger partial charge in [-0.1, -0.05) is 37.0 Å². The number of carbonyl (C=O) groups is 3. The number of piperazine rings is 1. The van der Waals surface area contributed by atoms with Crippen molar-refractivity contribution in [2.24, 2.45) is 0 Å². The molecule has 1 fully saturated rings. The van der Waals surface area contributed by atoms with Gasteiger partial charge in [0.2, 0.25) is 6.41 Å². The average molecular weight is 503 g/mol. The van der Waals surface area contributed by atoms with E-state index in [2.05, 4.69) is 16.8 Å². The monoisotopic (exact) mass is 502 g/mol. The molecular formula is C28H24F2N4O3. The number of amides is 4. The topological polar surface area (TPSA) is 73.8 Å². The lowest BCUT2D eigenvalue weighted by Gasteiger charge is -2.48. The van der Waals surface area contributed by atoms with Crippen molar-refractivity contribution in [3.63, 3.8) is 0 Å². The van der Waals surface area contributed by atoms with Crippen LogP contribution in [0, 0.1) is 23.5 Å². The zero-order chi connectivity index (χ0) is 26.6. The van der Waals surface area contributed by atoms with Gasteiger partial charge in [0, 0.05) is 42.3 Å². The van der Waals surface area contributed by atoms with Gasteiger partial charge in [-0.2, -0.15) is 0 Å². The average Bonchev–Trinajstić information content (AvgIpc) is 2.91. The van der Waals surface area contributed by atoms with Crippen molar-refractivity contribution in [2.75, 3.05) is 22.9 Å². The molecule has 3 aromatic rings. The number of anilines is 2. The summed E-state index contributed by atoms with van der Waals surface area (Å²) >= 11 is 0. The van der Waals surface area contributed by atoms with E-state index in [-0.39, 0.29) is 37.4 Å². The van der Waals surface area contributed by atoms with Crippen molar-refractivity contribution < 1.29 is 23.2 Å². The van der Waals surface area contributed by atoms with Crippen LogP contribution in [-0.4, -0.2) is 46.9 Å². The summed E-state index contributed by atoms with van der Waals surface area (Å²) in [5.41, 5.74) is -0.864. The lowest BCUT2D eigenvalue weighted by atomic mass is 9.91. The summed E-state index contributed by atoms with van der Waals surface area (Å²) in [5.74, 6) is 2.86. The van der Waals surface area contributed by atoms with Crippen LogP contribution in [-0.2, 0) is 9.59 Å². The first-order chi connectivity index (χ1) is 17.8. The predicted molar refractivity (Wildman–Crippen MR) is 135 cm³/mol. The Morgan fingerprint density at radius 2 is 1.68 bits per heavy atom. The van der Waals surface area contributed by atoms with Gasteiger partial charge in [0.15, 0.2) is 11.6 Å². The minimum atomic E-state index is -1.35. The highest BCUT2D eigenvalue weighted by Crippen LogP contribution is 2.32. The molecule has 0 N–H and O–H groups in total. The first-order valence-electron chi connectivity index (χ1n) is 11.6. The molecule has 0 aliphatic carbocycles. The fourth-order valence-corrected chi connectivity index (χ4v) is 4.23. The third-order valence-electron chi connectivity index (χ3n) is 6.44. The van der Waals surface area contributed by atoms with Crippen molar-refractivity contribution in [2.45, 2.75) is 25.8 Å². The predicted octanol–water partition coefficient (Wildman–Crippen LogP) is 4.36. The van der Waals surface area contributed by atoms with Crippen molar-refractivity contribution >= 4 is 29.7 Å². The van der Waals surface area contributed by atoms with E-state index in [1.54, 1.807) is 62.6 Å². The molecular weight excluding hydrogens is 478 g/mol. The number of urea groups is 1. The van der Waals surface area contributed by atoms with Crippen LogP contribution < -0.4 is 9.80 Å².